The maximum Gasteiger partial charge on any atom is 0.224 e. The van der Waals surface area contributed by atoms with Gasteiger partial charge in [0.15, 0.2) is 12.6 Å². The lowest BCUT2D eigenvalue weighted by atomic mass is 10.0. The van der Waals surface area contributed by atoms with Crippen LogP contribution in [0.4, 0.5) is 0 Å². The van der Waals surface area contributed by atoms with Gasteiger partial charge in [-0.3, -0.25) is 0 Å². The first kappa shape index (κ1) is 17.9. The second kappa shape index (κ2) is 6.59. The Bertz CT molecular complexity index is 381. The third-order valence-electron chi connectivity index (χ3n) is 3.77. The standard InChI is InChI=1S/C11H20O11/c12-1-3-4(14)8(18)11(2-13,21-3)22-10-7(17)5(15)6(16)9(19)20-10/h3-10,12-19H,1-2H2/t3-,4-,5+,6+,7-,8+,9+,10-,11+/m1/s1. The Hall–Kier alpha value is -0.440. The first-order chi connectivity index (χ1) is 10.3. The fraction of sp³-hybridized carbons (Fsp3) is 1.00. The summed E-state index contributed by atoms with van der Waals surface area (Å²) in [6, 6.07) is 0. The van der Waals surface area contributed by atoms with E-state index in [4.69, 9.17) is 19.3 Å². The monoisotopic (exact) mass is 328 g/mol. The summed E-state index contributed by atoms with van der Waals surface area (Å²) in [5, 5.41) is 76.1. The largest absolute Gasteiger partial charge is 0.394 e. The Balaban J connectivity index is 2.16. The minimum absolute atomic E-state index is 0.679. The first-order valence-corrected chi connectivity index (χ1v) is 6.58. The van der Waals surface area contributed by atoms with Crippen LogP contribution in [-0.4, -0.2) is 109 Å². The van der Waals surface area contributed by atoms with Crippen LogP contribution in [0.15, 0.2) is 0 Å². The molecule has 8 N–H and O–H groups in total. The van der Waals surface area contributed by atoms with Crippen LogP contribution in [0.25, 0.3) is 0 Å². The van der Waals surface area contributed by atoms with Crippen molar-refractivity contribution in [3.05, 3.63) is 0 Å². The van der Waals surface area contributed by atoms with Crippen LogP contribution in [0.1, 0.15) is 0 Å². The average molecular weight is 328 g/mol. The van der Waals surface area contributed by atoms with E-state index in [9.17, 15) is 35.7 Å². The molecule has 0 saturated carbocycles. The molecule has 9 atom stereocenters. The summed E-state index contributed by atoms with van der Waals surface area (Å²) in [7, 11) is 0. The zero-order chi connectivity index (χ0) is 16.7. The maximum atomic E-state index is 9.93. The maximum absolute atomic E-state index is 9.93. The molecule has 0 amide bonds. The molecule has 130 valence electrons. The van der Waals surface area contributed by atoms with E-state index in [0.717, 1.165) is 0 Å². The van der Waals surface area contributed by atoms with Crippen molar-refractivity contribution in [1.29, 1.82) is 0 Å². The lowest BCUT2D eigenvalue weighted by Crippen LogP contribution is -2.62. The van der Waals surface area contributed by atoms with Crippen molar-refractivity contribution in [3.63, 3.8) is 0 Å². The number of aliphatic hydroxyl groups is 8. The number of ether oxygens (including phenoxy) is 3. The van der Waals surface area contributed by atoms with Gasteiger partial charge in [-0.15, -0.1) is 0 Å². The highest BCUT2D eigenvalue weighted by Gasteiger charge is 2.58. The second-order valence-corrected chi connectivity index (χ2v) is 5.23. The molecule has 0 spiro atoms. The predicted molar refractivity (Wildman–Crippen MR) is 63.8 cm³/mol. The van der Waals surface area contributed by atoms with Crippen molar-refractivity contribution in [2.24, 2.45) is 0 Å². The Kier molecular flexibility index (Phi) is 5.36. The molecule has 0 aliphatic carbocycles. The van der Waals surface area contributed by atoms with Crippen LogP contribution >= 0.6 is 0 Å². The molecule has 2 heterocycles. The molecule has 0 bridgehead atoms. The summed E-state index contributed by atoms with van der Waals surface area (Å²) in [4.78, 5) is 0. The molecule has 11 heteroatoms. The molecular formula is C11H20O11. The predicted octanol–water partition coefficient (Wildman–Crippen LogP) is -5.44. The van der Waals surface area contributed by atoms with Crippen LogP contribution in [0.5, 0.6) is 0 Å². The Morgan fingerprint density at radius 3 is 2.00 bits per heavy atom. The number of hydrogen-bond acceptors (Lipinski definition) is 11. The molecule has 0 unspecified atom stereocenters. The number of hydrogen-bond donors (Lipinski definition) is 8. The van der Waals surface area contributed by atoms with Gasteiger partial charge in [0.2, 0.25) is 5.79 Å². The number of aliphatic hydroxyl groups excluding tert-OH is 8. The van der Waals surface area contributed by atoms with E-state index in [-0.39, 0.29) is 0 Å². The van der Waals surface area contributed by atoms with Gasteiger partial charge in [0.1, 0.15) is 43.2 Å². The molecule has 0 aromatic heterocycles. The zero-order valence-corrected chi connectivity index (χ0v) is 11.3. The number of rotatable bonds is 4. The van der Waals surface area contributed by atoms with Gasteiger partial charge in [0.25, 0.3) is 0 Å². The first-order valence-electron chi connectivity index (χ1n) is 6.58. The normalized spacial score (nSPS) is 52.9. The lowest BCUT2D eigenvalue weighted by Gasteiger charge is -2.42. The van der Waals surface area contributed by atoms with Crippen molar-refractivity contribution in [1.82, 2.24) is 0 Å². The summed E-state index contributed by atoms with van der Waals surface area (Å²) < 4.78 is 14.9. The highest BCUT2D eigenvalue weighted by atomic mass is 16.8. The van der Waals surface area contributed by atoms with Gasteiger partial charge >= 0.3 is 0 Å². The smallest absolute Gasteiger partial charge is 0.224 e. The molecule has 2 fully saturated rings. The van der Waals surface area contributed by atoms with Gasteiger partial charge in [-0.2, -0.15) is 0 Å². The molecule has 11 nitrogen and oxygen atoms in total. The fourth-order valence-corrected chi connectivity index (χ4v) is 2.39. The highest BCUT2D eigenvalue weighted by molar-refractivity contribution is 4.97. The summed E-state index contributed by atoms with van der Waals surface area (Å²) in [5.74, 6) is -2.25. The Morgan fingerprint density at radius 2 is 1.50 bits per heavy atom. The van der Waals surface area contributed by atoms with Crippen LogP contribution in [-0.2, 0) is 14.2 Å². The van der Waals surface area contributed by atoms with Gasteiger partial charge in [0.05, 0.1) is 6.61 Å². The third-order valence-corrected chi connectivity index (χ3v) is 3.77. The van der Waals surface area contributed by atoms with E-state index in [0.29, 0.717) is 0 Å². The SMILES string of the molecule is OC[C@H]1O[C@@](CO)(O[C@H]2O[C@H](O)[C@@H](O)[C@H](O)[C@H]2O)[C@@H](O)[C@@H]1O. The summed E-state index contributed by atoms with van der Waals surface area (Å²) in [6.45, 7) is -1.66. The average Bonchev–Trinajstić information content (AvgIpc) is 2.75. The fourth-order valence-electron chi connectivity index (χ4n) is 2.39. The highest BCUT2D eigenvalue weighted by Crippen LogP contribution is 2.35. The van der Waals surface area contributed by atoms with Crippen molar-refractivity contribution in [2.75, 3.05) is 13.2 Å². The molecule has 0 radical (unpaired) electrons. The van der Waals surface area contributed by atoms with E-state index in [1.54, 1.807) is 0 Å². The topological polar surface area (TPSA) is 190 Å². The minimum Gasteiger partial charge on any atom is -0.394 e. The van der Waals surface area contributed by atoms with E-state index in [2.05, 4.69) is 0 Å². The molecular weight excluding hydrogens is 308 g/mol. The molecule has 2 aliphatic rings. The molecule has 0 aromatic rings. The summed E-state index contributed by atoms with van der Waals surface area (Å²) in [5.41, 5.74) is 0. The Morgan fingerprint density at radius 1 is 0.864 bits per heavy atom. The summed E-state index contributed by atoms with van der Waals surface area (Å²) >= 11 is 0. The van der Waals surface area contributed by atoms with E-state index in [1.807, 2.05) is 0 Å². The third kappa shape index (κ3) is 2.86. The van der Waals surface area contributed by atoms with E-state index < -0.39 is 68.2 Å². The molecule has 2 aliphatic heterocycles. The molecule has 2 rings (SSSR count). The van der Waals surface area contributed by atoms with Crippen LogP contribution in [0, 0.1) is 0 Å². The Labute approximate surface area is 124 Å². The van der Waals surface area contributed by atoms with Crippen LogP contribution in [0.3, 0.4) is 0 Å². The molecule has 2 saturated heterocycles. The quantitative estimate of drug-likeness (QED) is 0.246. The van der Waals surface area contributed by atoms with Gasteiger partial charge in [-0.1, -0.05) is 0 Å². The second-order valence-electron chi connectivity index (χ2n) is 5.23. The van der Waals surface area contributed by atoms with Crippen LogP contribution < -0.4 is 0 Å². The molecule has 0 aromatic carbocycles. The van der Waals surface area contributed by atoms with Gasteiger partial charge in [-0.05, 0) is 0 Å². The van der Waals surface area contributed by atoms with Crippen LogP contribution in [0.2, 0.25) is 0 Å². The van der Waals surface area contributed by atoms with E-state index >= 15 is 0 Å². The van der Waals surface area contributed by atoms with Gasteiger partial charge in [0, 0.05) is 0 Å². The van der Waals surface area contributed by atoms with Crippen molar-refractivity contribution >= 4 is 0 Å². The minimum atomic E-state index is -2.25. The zero-order valence-electron chi connectivity index (χ0n) is 11.3. The van der Waals surface area contributed by atoms with Crippen molar-refractivity contribution < 1.29 is 55.1 Å². The van der Waals surface area contributed by atoms with Crippen molar-refractivity contribution in [2.45, 2.75) is 55.0 Å². The van der Waals surface area contributed by atoms with E-state index in [1.165, 1.54) is 0 Å². The lowest BCUT2D eigenvalue weighted by molar-refractivity contribution is -0.402. The van der Waals surface area contributed by atoms with Gasteiger partial charge < -0.3 is 55.1 Å². The van der Waals surface area contributed by atoms with Crippen molar-refractivity contribution in [3.8, 4) is 0 Å². The summed E-state index contributed by atoms with van der Waals surface area (Å²) in [6.07, 6.45) is -13.8. The molecule has 22 heavy (non-hydrogen) atoms. The van der Waals surface area contributed by atoms with Gasteiger partial charge in [-0.25, -0.2) is 0 Å².